The van der Waals surface area contributed by atoms with Crippen molar-refractivity contribution in [2.24, 2.45) is 7.05 Å². The predicted octanol–water partition coefficient (Wildman–Crippen LogP) is 1.90. The van der Waals surface area contributed by atoms with Gasteiger partial charge in [0.2, 0.25) is 5.28 Å². The van der Waals surface area contributed by atoms with E-state index < -0.39 is 0 Å². The van der Waals surface area contributed by atoms with Gasteiger partial charge in [-0.15, -0.1) is 0 Å². The number of aryl methyl sites for hydroxylation is 2. The lowest BCUT2D eigenvalue weighted by atomic mass is 10.5. The summed E-state index contributed by atoms with van der Waals surface area (Å²) in [6.07, 6.45) is 3.39. The molecule has 0 spiro atoms. The maximum atomic E-state index is 5.94. The van der Waals surface area contributed by atoms with Gasteiger partial charge in [0.25, 0.3) is 5.95 Å². The van der Waals surface area contributed by atoms with Gasteiger partial charge in [0.05, 0.1) is 5.69 Å². The highest BCUT2D eigenvalue weighted by molar-refractivity contribution is 7.99. The second-order valence-electron chi connectivity index (χ2n) is 3.99. The van der Waals surface area contributed by atoms with Crippen LogP contribution >= 0.6 is 23.4 Å². The van der Waals surface area contributed by atoms with Crippen LogP contribution in [0.1, 0.15) is 5.69 Å². The Balaban J connectivity index is 1.96. The van der Waals surface area contributed by atoms with Crippen LogP contribution in [0.5, 0.6) is 0 Å². The number of rotatable bonds is 3. The van der Waals surface area contributed by atoms with Crippen molar-refractivity contribution >= 4 is 23.4 Å². The molecule has 0 radical (unpaired) electrons. The molecule has 0 aliphatic heterocycles. The molecule has 7 nitrogen and oxygen atoms in total. The second kappa shape index (κ2) is 5.22. The van der Waals surface area contributed by atoms with Crippen LogP contribution in [0.2, 0.25) is 5.28 Å². The zero-order valence-electron chi connectivity index (χ0n) is 10.7. The van der Waals surface area contributed by atoms with E-state index >= 15 is 0 Å². The fourth-order valence-electron chi connectivity index (χ4n) is 1.63. The first-order chi connectivity index (χ1) is 9.61. The van der Waals surface area contributed by atoms with Gasteiger partial charge in [0, 0.05) is 19.4 Å². The van der Waals surface area contributed by atoms with Crippen LogP contribution in [0.15, 0.2) is 34.7 Å². The Kier molecular flexibility index (Phi) is 3.41. The van der Waals surface area contributed by atoms with Crippen LogP contribution in [0.3, 0.4) is 0 Å². The molecule has 0 aliphatic carbocycles. The first-order valence-corrected chi connectivity index (χ1v) is 6.91. The summed E-state index contributed by atoms with van der Waals surface area (Å²) in [6.45, 7) is 1.93. The summed E-state index contributed by atoms with van der Waals surface area (Å²) in [5.74, 6) is 0.386. The zero-order chi connectivity index (χ0) is 14.1. The quantitative estimate of drug-likeness (QED) is 0.736. The molecule has 0 saturated heterocycles. The van der Waals surface area contributed by atoms with Gasteiger partial charge in [-0.3, -0.25) is 4.68 Å². The SMILES string of the molecule is Cc1cc(Sc2nc(Cl)nc(-n3cccn3)n2)n(C)n1. The fourth-order valence-corrected chi connectivity index (χ4v) is 2.69. The van der Waals surface area contributed by atoms with E-state index in [0.29, 0.717) is 11.1 Å². The number of halogens is 1. The van der Waals surface area contributed by atoms with E-state index in [1.807, 2.05) is 20.0 Å². The zero-order valence-corrected chi connectivity index (χ0v) is 12.3. The molecule has 0 atom stereocenters. The van der Waals surface area contributed by atoms with Crippen LogP contribution in [0.25, 0.3) is 5.95 Å². The van der Waals surface area contributed by atoms with E-state index in [2.05, 4.69) is 25.1 Å². The predicted molar refractivity (Wildman–Crippen MR) is 74.0 cm³/mol. The largest absolute Gasteiger partial charge is 0.261 e. The average molecular weight is 308 g/mol. The third-order valence-corrected chi connectivity index (χ3v) is 3.57. The fraction of sp³-hybridized carbons (Fsp3) is 0.182. The van der Waals surface area contributed by atoms with Gasteiger partial charge >= 0.3 is 0 Å². The van der Waals surface area contributed by atoms with Gasteiger partial charge in [-0.1, -0.05) is 0 Å². The lowest BCUT2D eigenvalue weighted by Crippen LogP contribution is -2.04. The molecular weight excluding hydrogens is 298 g/mol. The Morgan fingerprint density at radius 2 is 2.10 bits per heavy atom. The van der Waals surface area contributed by atoms with Crippen molar-refractivity contribution in [1.82, 2.24) is 34.5 Å². The monoisotopic (exact) mass is 307 g/mol. The molecule has 9 heteroatoms. The molecule has 0 saturated carbocycles. The molecule has 0 N–H and O–H groups in total. The minimum absolute atomic E-state index is 0.131. The Morgan fingerprint density at radius 1 is 1.25 bits per heavy atom. The Labute approximate surface area is 124 Å². The van der Waals surface area contributed by atoms with Gasteiger partial charge in [0.1, 0.15) is 5.03 Å². The van der Waals surface area contributed by atoms with E-state index in [4.69, 9.17) is 11.6 Å². The summed E-state index contributed by atoms with van der Waals surface area (Å²) < 4.78 is 3.30. The molecule has 102 valence electrons. The number of aromatic nitrogens is 7. The van der Waals surface area contributed by atoms with Crippen molar-refractivity contribution in [3.8, 4) is 5.95 Å². The van der Waals surface area contributed by atoms with Crippen molar-refractivity contribution in [3.63, 3.8) is 0 Å². The normalized spacial score (nSPS) is 10.9. The Bertz CT molecular complexity index is 737. The lowest BCUT2D eigenvalue weighted by Gasteiger charge is -2.03. The van der Waals surface area contributed by atoms with E-state index in [1.165, 1.54) is 16.4 Å². The van der Waals surface area contributed by atoms with Crippen molar-refractivity contribution in [2.45, 2.75) is 17.1 Å². The van der Waals surface area contributed by atoms with E-state index in [1.54, 1.807) is 23.1 Å². The van der Waals surface area contributed by atoms with E-state index in [0.717, 1.165) is 10.7 Å². The van der Waals surface area contributed by atoms with Crippen LogP contribution in [0.4, 0.5) is 0 Å². The summed E-state index contributed by atoms with van der Waals surface area (Å²) >= 11 is 7.31. The number of hydrogen-bond acceptors (Lipinski definition) is 6. The van der Waals surface area contributed by atoms with Gasteiger partial charge in [-0.05, 0) is 42.4 Å². The van der Waals surface area contributed by atoms with Crippen molar-refractivity contribution in [3.05, 3.63) is 35.5 Å². The minimum Gasteiger partial charge on any atom is -0.261 e. The summed E-state index contributed by atoms with van der Waals surface area (Å²) in [5, 5.41) is 9.91. The summed E-state index contributed by atoms with van der Waals surface area (Å²) in [5.41, 5.74) is 0.933. The Morgan fingerprint density at radius 3 is 2.75 bits per heavy atom. The molecule has 0 amide bonds. The van der Waals surface area contributed by atoms with Crippen molar-refractivity contribution in [1.29, 1.82) is 0 Å². The van der Waals surface area contributed by atoms with Crippen molar-refractivity contribution < 1.29 is 0 Å². The highest BCUT2D eigenvalue weighted by Crippen LogP contribution is 2.25. The molecule has 0 unspecified atom stereocenters. The van der Waals surface area contributed by atoms with Crippen LogP contribution in [-0.4, -0.2) is 34.5 Å². The first-order valence-electron chi connectivity index (χ1n) is 5.72. The highest BCUT2D eigenvalue weighted by atomic mass is 35.5. The minimum atomic E-state index is 0.131. The van der Waals surface area contributed by atoms with Crippen LogP contribution in [-0.2, 0) is 7.05 Å². The lowest BCUT2D eigenvalue weighted by molar-refractivity contribution is 0.689. The molecule has 0 fully saturated rings. The van der Waals surface area contributed by atoms with Gasteiger partial charge < -0.3 is 0 Å². The van der Waals surface area contributed by atoms with E-state index in [-0.39, 0.29) is 5.28 Å². The third kappa shape index (κ3) is 2.66. The molecule has 3 aromatic rings. The number of hydrogen-bond donors (Lipinski definition) is 0. The molecule has 0 aromatic carbocycles. The van der Waals surface area contributed by atoms with Gasteiger partial charge in [-0.2, -0.15) is 25.1 Å². The highest BCUT2D eigenvalue weighted by Gasteiger charge is 2.11. The van der Waals surface area contributed by atoms with Crippen LogP contribution in [0, 0.1) is 6.92 Å². The second-order valence-corrected chi connectivity index (χ2v) is 5.31. The maximum Gasteiger partial charge on any atom is 0.255 e. The topological polar surface area (TPSA) is 74.3 Å². The summed E-state index contributed by atoms with van der Waals surface area (Å²) in [4.78, 5) is 12.5. The van der Waals surface area contributed by atoms with Gasteiger partial charge in [0.15, 0.2) is 5.16 Å². The Hall–Kier alpha value is -1.93. The van der Waals surface area contributed by atoms with Crippen molar-refractivity contribution in [2.75, 3.05) is 0 Å². The molecule has 0 bridgehead atoms. The van der Waals surface area contributed by atoms with Crippen LogP contribution < -0.4 is 0 Å². The smallest absolute Gasteiger partial charge is 0.255 e. The number of nitrogens with zero attached hydrogens (tertiary/aromatic N) is 7. The van der Waals surface area contributed by atoms with E-state index in [9.17, 15) is 0 Å². The molecule has 3 aromatic heterocycles. The summed E-state index contributed by atoms with van der Waals surface area (Å²) in [7, 11) is 1.87. The molecule has 20 heavy (non-hydrogen) atoms. The molecule has 0 aliphatic rings. The molecule has 3 rings (SSSR count). The average Bonchev–Trinajstić information content (AvgIpc) is 2.99. The molecule has 3 heterocycles. The van der Waals surface area contributed by atoms with Gasteiger partial charge in [-0.25, -0.2) is 4.68 Å². The maximum absolute atomic E-state index is 5.94. The first kappa shape index (κ1) is 13.1. The molecular formula is C11H10ClN7S. The third-order valence-electron chi connectivity index (χ3n) is 2.44. The summed E-state index contributed by atoms with van der Waals surface area (Å²) in [6, 6.07) is 3.74. The standard InChI is InChI=1S/C11H10ClN7S/c1-7-6-8(18(2)17-7)20-11-15-9(12)14-10(16-11)19-5-3-4-13-19/h3-6H,1-2H3.